The van der Waals surface area contributed by atoms with Gasteiger partial charge >= 0.3 is 34.7 Å². The van der Waals surface area contributed by atoms with E-state index in [9.17, 15) is 77.8 Å². The summed E-state index contributed by atoms with van der Waals surface area (Å²) in [6, 6.07) is 0. The molecule has 0 aromatic carbocycles. The molecule has 0 unspecified atom stereocenters. The van der Waals surface area contributed by atoms with Crippen LogP contribution < -0.4 is 0 Å². The van der Waals surface area contributed by atoms with E-state index in [1.165, 1.54) is 0 Å². The Labute approximate surface area is 166 Å². The van der Waals surface area contributed by atoms with Crippen LogP contribution in [0, 0.1) is 0 Å². The molecule has 18 nitrogen and oxygen atoms in total. The topological polar surface area (TPSA) is 343 Å². The van der Waals surface area contributed by atoms with Crippen LogP contribution in [0.15, 0.2) is 0 Å². The molecule has 0 aliphatic heterocycles. The zero-order valence-electron chi connectivity index (χ0n) is 11.0. The van der Waals surface area contributed by atoms with Gasteiger partial charge in [0.15, 0.2) is 54.9 Å². The third kappa shape index (κ3) is 17.9. The summed E-state index contributed by atoms with van der Waals surface area (Å²) in [6.07, 6.45) is 0. The van der Waals surface area contributed by atoms with Gasteiger partial charge in [0, 0.05) is 0 Å². The Kier molecular flexibility index (Phi) is 16.5. The van der Waals surface area contributed by atoms with Gasteiger partial charge in [-0.3, -0.25) is 0 Å². The normalized spacial score (nSPS) is 12.7. The Morgan fingerprint density at radius 1 is 0.269 bits per heavy atom. The molecule has 0 N–H and O–H groups in total. The summed E-state index contributed by atoms with van der Waals surface area (Å²) >= 11 is 0. The first-order valence-corrected chi connectivity index (χ1v) is 13.5. The van der Waals surface area contributed by atoms with Crippen molar-refractivity contribution in [3.8, 4) is 0 Å². The first-order chi connectivity index (χ1) is 9.75. The van der Waals surface area contributed by atoms with E-state index in [0.717, 1.165) is 0 Å². The maximum Gasteiger partial charge on any atom is 3.00 e. The van der Waals surface area contributed by atoms with Crippen molar-refractivity contribution in [3.05, 3.63) is 0 Å². The van der Waals surface area contributed by atoms with Crippen molar-refractivity contribution in [2.24, 2.45) is 0 Å². The molecule has 0 aliphatic rings. The van der Waals surface area contributed by atoms with Gasteiger partial charge in [0.25, 0.3) is 0 Å². The van der Waals surface area contributed by atoms with Crippen LogP contribution >= 0.6 is 0 Å². The minimum atomic E-state index is -5.67. The average Bonchev–Trinajstić information content (AvgIpc) is 2.08. The van der Waals surface area contributed by atoms with E-state index >= 15 is 0 Å². The summed E-state index contributed by atoms with van der Waals surface area (Å²) in [5, 5.41) is 0. The molecule has 0 amide bonds. The van der Waals surface area contributed by atoms with Gasteiger partial charge in [-0.05, 0) is 0 Å². The molecule has 0 fully saturated rings. The second-order valence-corrected chi connectivity index (χ2v) is 14.7. The fourth-order valence-electron chi connectivity index (χ4n) is 0. The van der Waals surface area contributed by atoms with Gasteiger partial charge in [0.2, 0.25) is 0 Å². The molecule has 26 heteroatoms. The van der Waals surface area contributed by atoms with Crippen molar-refractivity contribution in [1.29, 1.82) is 0 Å². The fourth-order valence-corrected chi connectivity index (χ4v) is 0. The molecule has 0 saturated heterocycles. The van der Waals surface area contributed by atoms with Crippen LogP contribution in [0.1, 0.15) is 0 Å². The maximum atomic E-state index is 9.20. The summed E-state index contributed by atoms with van der Waals surface area (Å²) in [6.45, 7) is 0. The van der Waals surface area contributed by atoms with Crippen molar-refractivity contribution in [2.75, 3.05) is 0 Å². The molecule has 0 aliphatic carbocycles. The van der Waals surface area contributed by atoms with Crippen molar-refractivity contribution < 1.29 is 77.8 Å². The van der Waals surface area contributed by atoms with Crippen LogP contribution in [-0.4, -0.2) is 113 Å². The van der Waals surface area contributed by atoms with Crippen molar-refractivity contribution in [2.45, 2.75) is 0 Å². The predicted octanol–water partition coefficient (Wildman–Crippen LogP) is -6.79. The van der Waals surface area contributed by atoms with Gasteiger partial charge in [-0.1, -0.05) is 0 Å². The summed E-state index contributed by atoms with van der Waals surface area (Å²) in [5.41, 5.74) is 0. The molecule has 0 aromatic heterocycles. The Morgan fingerprint density at radius 2 is 0.308 bits per heavy atom. The molecule has 0 radical (unpaired) electrons. The maximum absolute atomic E-state index is 9.20. The largest absolute Gasteiger partial charge is 3.00 e. The third-order valence-corrected chi connectivity index (χ3v) is 6.75. The van der Waals surface area contributed by atoms with E-state index in [0.29, 0.717) is 0 Å². The van der Waals surface area contributed by atoms with Crippen molar-refractivity contribution in [1.82, 2.24) is 0 Å². The van der Waals surface area contributed by atoms with E-state index < -0.39 is 54.9 Å². The number of hydrogen-bond acceptors (Lipinski definition) is 18. The Morgan fingerprint density at radius 3 is 0.308 bits per heavy atom. The SMILES string of the molecule is O=S(=O)([O-])S(=O)(=O)[O-].O=S(=O)([O-])S(=O)(=O)[O-].O=S(=O)([O-])S(=O)(=O)[O-].[Al+3].[Al+3]. The first-order valence-electron chi connectivity index (χ1n) is 3.50. The molecule has 0 aromatic rings. The van der Waals surface area contributed by atoms with Crippen LogP contribution in [0.3, 0.4) is 0 Å². The smallest absolute Gasteiger partial charge is 0.736 e. The minimum Gasteiger partial charge on any atom is -0.736 e. The van der Waals surface area contributed by atoms with Gasteiger partial charge in [0.1, 0.15) is 0 Å². The molecule has 0 rings (SSSR count). The zero-order valence-corrected chi connectivity index (χ0v) is 18.2. The Balaban J connectivity index is -0.0000000817. The van der Waals surface area contributed by atoms with Crippen LogP contribution in [0.5, 0.6) is 0 Å². The van der Waals surface area contributed by atoms with Gasteiger partial charge in [-0.25, -0.2) is 50.5 Å². The van der Waals surface area contributed by atoms with Crippen molar-refractivity contribution >= 4 is 89.6 Å². The molecule has 0 saturated carbocycles. The summed E-state index contributed by atoms with van der Waals surface area (Å²) in [4.78, 5) is 0. The molecule has 0 bridgehead atoms. The van der Waals surface area contributed by atoms with E-state index in [2.05, 4.69) is 0 Å². The van der Waals surface area contributed by atoms with E-state index in [4.69, 9.17) is 0 Å². The summed E-state index contributed by atoms with van der Waals surface area (Å²) in [7, 11) is -34.0. The van der Waals surface area contributed by atoms with Gasteiger partial charge < -0.3 is 27.3 Å². The molecular formula is Al2O18S6. The monoisotopic (exact) mass is 534 g/mol. The molecular weight excluding hydrogens is 534 g/mol. The first kappa shape index (κ1) is 37.3. The van der Waals surface area contributed by atoms with Gasteiger partial charge in [-0.2, -0.15) is 0 Å². The fraction of sp³-hybridized carbons (Fsp3) is 0. The third-order valence-electron chi connectivity index (χ3n) is 0.750. The summed E-state index contributed by atoms with van der Waals surface area (Å²) in [5.74, 6) is 0. The van der Waals surface area contributed by atoms with E-state index in [1.54, 1.807) is 0 Å². The van der Waals surface area contributed by atoms with Crippen LogP contribution in [0.4, 0.5) is 0 Å². The molecule has 150 valence electrons. The van der Waals surface area contributed by atoms with Crippen LogP contribution in [0.25, 0.3) is 0 Å². The molecule has 26 heavy (non-hydrogen) atoms. The minimum absolute atomic E-state index is 0. The van der Waals surface area contributed by atoms with E-state index in [-0.39, 0.29) is 34.7 Å². The van der Waals surface area contributed by atoms with Crippen LogP contribution in [-0.2, 0) is 54.9 Å². The zero-order chi connectivity index (χ0) is 21.0. The number of hydrogen-bond donors (Lipinski definition) is 0. The molecule has 0 spiro atoms. The second kappa shape index (κ2) is 11.5. The Bertz CT molecular complexity index is 810. The van der Waals surface area contributed by atoms with Crippen molar-refractivity contribution in [3.63, 3.8) is 0 Å². The summed E-state index contributed by atoms with van der Waals surface area (Å²) < 4.78 is 166. The van der Waals surface area contributed by atoms with Gasteiger partial charge in [-0.15, -0.1) is 0 Å². The standard InChI is InChI=1S/2Al.3H2O6S2/c;;3*1-7(2,3)8(4,5)6/h;;3*(H,1,2,3)(H,4,5,6)/q2*+3;;;/p-6. The van der Waals surface area contributed by atoms with E-state index in [1.807, 2.05) is 0 Å². The van der Waals surface area contributed by atoms with Crippen LogP contribution in [0.2, 0.25) is 0 Å². The predicted molar refractivity (Wildman–Crippen MR) is 69.7 cm³/mol. The second-order valence-electron chi connectivity index (χ2n) is 2.45. The Hall–Kier alpha value is 0.525. The number of rotatable bonds is 3. The average molecular weight is 534 g/mol. The quantitative estimate of drug-likeness (QED) is 0.184. The molecule has 0 atom stereocenters. The molecule has 0 heterocycles. The van der Waals surface area contributed by atoms with Gasteiger partial charge in [0.05, 0.1) is 0 Å².